The van der Waals surface area contributed by atoms with Gasteiger partial charge in [-0.3, -0.25) is 4.79 Å². The van der Waals surface area contributed by atoms with E-state index in [4.69, 9.17) is 5.11 Å². The molecule has 1 aromatic carbocycles. The second-order valence-corrected chi connectivity index (χ2v) is 5.26. The largest absolute Gasteiger partial charge is 0.396 e. The minimum absolute atomic E-state index is 0.000584. The normalized spacial score (nSPS) is 10.9. The van der Waals surface area contributed by atoms with Gasteiger partial charge in [0.15, 0.2) is 5.78 Å². The lowest BCUT2D eigenvalue weighted by atomic mass is 9.95. The predicted octanol–water partition coefficient (Wildman–Crippen LogP) is 2.03. The minimum atomic E-state index is -0.351. The summed E-state index contributed by atoms with van der Waals surface area (Å²) in [5.74, 6) is -0.0132. The van der Waals surface area contributed by atoms with Crippen LogP contribution in [0.5, 0.6) is 0 Å². The fourth-order valence-electron chi connectivity index (χ4n) is 1.34. The molecule has 5 heteroatoms. The molecule has 1 rings (SSSR count). The molecule has 2 amide bonds. The van der Waals surface area contributed by atoms with Crippen molar-refractivity contribution >= 4 is 17.5 Å². The van der Waals surface area contributed by atoms with Crippen LogP contribution in [0.1, 0.15) is 31.1 Å². The van der Waals surface area contributed by atoms with Crippen LogP contribution >= 0.6 is 0 Å². The quantitative estimate of drug-likeness (QED) is 0.712. The molecule has 0 fully saturated rings. The Hall–Kier alpha value is -1.88. The standard InChI is InChI=1S/C14H20N2O3/c1-10(18)11-4-6-12(7-5-11)16-13(19)15-8-14(2,3)9-17/h4-7,17H,8-9H2,1-3H3,(H2,15,16,19). The maximum atomic E-state index is 11.6. The molecule has 19 heavy (non-hydrogen) atoms. The van der Waals surface area contributed by atoms with Crippen molar-refractivity contribution in [2.24, 2.45) is 5.41 Å². The van der Waals surface area contributed by atoms with E-state index < -0.39 is 0 Å². The number of anilines is 1. The van der Waals surface area contributed by atoms with Crippen molar-refractivity contribution in [2.75, 3.05) is 18.5 Å². The number of Topliss-reactive ketones (excluding diaryl/α,β-unsaturated/α-hetero) is 1. The van der Waals surface area contributed by atoms with Crippen LogP contribution in [0.2, 0.25) is 0 Å². The molecule has 0 unspecified atom stereocenters. The third kappa shape index (κ3) is 5.09. The number of rotatable bonds is 5. The zero-order valence-corrected chi connectivity index (χ0v) is 11.5. The van der Waals surface area contributed by atoms with Crippen molar-refractivity contribution in [3.05, 3.63) is 29.8 Å². The topological polar surface area (TPSA) is 78.4 Å². The van der Waals surface area contributed by atoms with E-state index in [-0.39, 0.29) is 23.8 Å². The molecule has 3 N–H and O–H groups in total. The van der Waals surface area contributed by atoms with E-state index >= 15 is 0 Å². The van der Waals surface area contributed by atoms with Gasteiger partial charge in [0.05, 0.1) is 0 Å². The second-order valence-electron chi connectivity index (χ2n) is 5.26. The summed E-state index contributed by atoms with van der Waals surface area (Å²) in [5.41, 5.74) is 0.868. The van der Waals surface area contributed by atoms with Gasteiger partial charge in [0.25, 0.3) is 0 Å². The van der Waals surface area contributed by atoms with Gasteiger partial charge in [0.1, 0.15) is 0 Å². The molecule has 0 spiro atoms. The van der Waals surface area contributed by atoms with Gasteiger partial charge in [-0.15, -0.1) is 0 Å². The average Bonchev–Trinajstić information content (AvgIpc) is 2.37. The molecule has 0 aliphatic rings. The Bertz CT molecular complexity index is 452. The highest BCUT2D eigenvalue weighted by molar-refractivity contribution is 5.95. The third-order valence-electron chi connectivity index (χ3n) is 2.70. The van der Waals surface area contributed by atoms with E-state index in [1.54, 1.807) is 24.3 Å². The van der Waals surface area contributed by atoms with Gasteiger partial charge >= 0.3 is 6.03 Å². The van der Waals surface area contributed by atoms with Crippen LogP contribution < -0.4 is 10.6 Å². The van der Waals surface area contributed by atoms with Gasteiger partial charge in [-0.1, -0.05) is 13.8 Å². The predicted molar refractivity (Wildman–Crippen MR) is 74.3 cm³/mol. The van der Waals surface area contributed by atoms with E-state index in [1.165, 1.54) is 6.92 Å². The number of carbonyl (C=O) groups is 2. The Balaban J connectivity index is 2.51. The number of hydrogen-bond acceptors (Lipinski definition) is 3. The fourth-order valence-corrected chi connectivity index (χ4v) is 1.34. The molecular weight excluding hydrogens is 244 g/mol. The number of benzene rings is 1. The first kappa shape index (κ1) is 15.2. The Morgan fingerprint density at radius 3 is 2.26 bits per heavy atom. The SMILES string of the molecule is CC(=O)c1ccc(NC(=O)NCC(C)(C)CO)cc1. The summed E-state index contributed by atoms with van der Waals surface area (Å²) < 4.78 is 0. The number of nitrogens with one attached hydrogen (secondary N) is 2. The van der Waals surface area contributed by atoms with Crippen molar-refractivity contribution in [3.8, 4) is 0 Å². The van der Waals surface area contributed by atoms with Gasteiger partial charge in [-0.05, 0) is 31.2 Å². The number of aliphatic hydroxyl groups is 1. The van der Waals surface area contributed by atoms with E-state index in [0.29, 0.717) is 17.8 Å². The van der Waals surface area contributed by atoms with Gasteiger partial charge < -0.3 is 15.7 Å². The molecular formula is C14H20N2O3. The lowest BCUT2D eigenvalue weighted by Crippen LogP contribution is -2.38. The molecule has 1 aromatic rings. The molecule has 0 radical (unpaired) electrons. The van der Waals surface area contributed by atoms with E-state index in [2.05, 4.69) is 10.6 Å². The van der Waals surface area contributed by atoms with Gasteiger partial charge in [-0.25, -0.2) is 4.79 Å². The minimum Gasteiger partial charge on any atom is -0.396 e. The Morgan fingerprint density at radius 1 is 1.21 bits per heavy atom. The van der Waals surface area contributed by atoms with Crippen LogP contribution in [-0.2, 0) is 0 Å². The number of ketones is 1. The molecule has 0 saturated heterocycles. The van der Waals surface area contributed by atoms with E-state index in [0.717, 1.165) is 0 Å². The lowest BCUT2D eigenvalue weighted by Gasteiger charge is -2.21. The molecule has 104 valence electrons. The van der Waals surface area contributed by atoms with Crippen LogP contribution in [0.3, 0.4) is 0 Å². The fraction of sp³-hybridized carbons (Fsp3) is 0.429. The molecule has 0 atom stereocenters. The molecule has 5 nitrogen and oxygen atoms in total. The highest BCUT2D eigenvalue weighted by Crippen LogP contribution is 2.12. The third-order valence-corrected chi connectivity index (χ3v) is 2.70. The first-order valence-electron chi connectivity index (χ1n) is 6.11. The zero-order valence-electron chi connectivity index (χ0n) is 11.5. The van der Waals surface area contributed by atoms with Crippen LogP contribution in [0, 0.1) is 5.41 Å². The Kier molecular flexibility index (Phi) is 5.06. The van der Waals surface area contributed by atoms with Gasteiger partial charge in [-0.2, -0.15) is 0 Å². The summed E-state index contributed by atoms with van der Waals surface area (Å²) in [7, 11) is 0. The van der Waals surface area contributed by atoms with Crippen LogP contribution in [-0.4, -0.2) is 30.1 Å². The highest BCUT2D eigenvalue weighted by atomic mass is 16.3. The van der Waals surface area contributed by atoms with Crippen LogP contribution in [0.25, 0.3) is 0 Å². The van der Waals surface area contributed by atoms with Crippen molar-refractivity contribution < 1.29 is 14.7 Å². The summed E-state index contributed by atoms with van der Waals surface area (Å²) in [5, 5.41) is 14.4. The van der Waals surface area contributed by atoms with E-state index in [1.807, 2.05) is 13.8 Å². The molecule has 0 heterocycles. The zero-order chi connectivity index (χ0) is 14.5. The maximum absolute atomic E-state index is 11.6. The number of urea groups is 1. The van der Waals surface area contributed by atoms with Gasteiger partial charge in [0, 0.05) is 29.8 Å². The van der Waals surface area contributed by atoms with Crippen molar-refractivity contribution in [3.63, 3.8) is 0 Å². The highest BCUT2D eigenvalue weighted by Gasteiger charge is 2.17. The second kappa shape index (κ2) is 6.33. The van der Waals surface area contributed by atoms with Crippen molar-refractivity contribution in [1.82, 2.24) is 5.32 Å². The Labute approximate surface area is 113 Å². The number of carbonyl (C=O) groups excluding carboxylic acids is 2. The molecule has 0 saturated carbocycles. The van der Waals surface area contributed by atoms with Crippen LogP contribution in [0.4, 0.5) is 10.5 Å². The summed E-state index contributed by atoms with van der Waals surface area (Å²) in [6.07, 6.45) is 0. The smallest absolute Gasteiger partial charge is 0.319 e. The molecule has 0 bridgehead atoms. The summed E-state index contributed by atoms with van der Waals surface area (Å²) in [4.78, 5) is 22.7. The van der Waals surface area contributed by atoms with Crippen molar-refractivity contribution in [2.45, 2.75) is 20.8 Å². The number of amides is 2. The van der Waals surface area contributed by atoms with Crippen molar-refractivity contribution in [1.29, 1.82) is 0 Å². The number of hydrogen-bond donors (Lipinski definition) is 3. The summed E-state index contributed by atoms with van der Waals surface area (Å²) >= 11 is 0. The van der Waals surface area contributed by atoms with Gasteiger partial charge in [0.2, 0.25) is 0 Å². The summed E-state index contributed by atoms with van der Waals surface area (Å²) in [6.45, 7) is 5.58. The first-order valence-corrected chi connectivity index (χ1v) is 6.11. The average molecular weight is 264 g/mol. The number of aliphatic hydroxyl groups excluding tert-OH is 1. The van der Waals surface area contributed by atoms with Crippen LogP contribution in [0.15, 0.2) is 24.3 Å². The first-order chi connectivity index (χ1) is 8.84. The molecule has 0 aliphatic heterocycles. The maximum Gasteiger partial charge on any atom is 0.319 e. The molecule has 0 aromatic heterocycles. The Morgan fingerprint density at radius 2 is 1.79 bits per heavy atom. The molecule has 0 aliphatic carbocycles. The summed E-state index contributed by atoms with van der Waals surface area (Å²) in [6, 6.07) is 6.34. The monoisotopic (exact) mass is 264 g/mol. The van der Waals surface area contributed by atoms with E-state index in [9.17, 15) is 9.59 Å². The lowest BCUT2D eigenvalue weighted by molar-refractivity contribution is 0.101.